The molecule has 0 N–H and O–H groups in total. The Hall–Kier alpha value is -1.88. The van der Waals surface area contributed by atoms with Gasteiger partial charge in [0.25, 0.3) is 0 Å². The van der Waals surface area contributed by atoms with Gasteiger partial charge in [0, 0.05) is 19.8 Å². The number of nitrogens with zero attached hydrogens (tertiary/aromatic N) is 2. The summed E-state index contributed by atoms with van der Waals surface area (Å²) in [5, 5.41) is 12.0. The van der Waals surface area contributed by atoms with Gasteiger partial charge in [-0.25, -0.2) is 0 Å². The first-order chi connectivity index (χ1) is 10.8. The highest BCUT2D eigenvalue weighted by Gasteiger charge is 2.39. The average Bonchev–Trinajstić information content (AvgIpc) is 2.97. The van der Waals surface area contributed by atoms with E-state index in [4.69, 9.17) is 9.48 Å². The fraction of sp³-hybridized carbons (Fsp3) is 0.278. The molecule has 0 amide bonds. The first kappa shape index (κ1) is 15.0. The molecule has 4 heteroatoms. The Morgan fingerprint density at radius 2 is 1.64 bits per heavy atom. The summed E-state index contributed by atoms with van der Waals surface area (Å²) in [6, 6.07) is 23.1. The predicted molar refractivity (Wildman–Crippen MR) is 90.9 cm³/mol. The monoisotopic (exact) mass is 310 g/mol. The normalized spacial score (nSPS) is 22.7. The summed E-state index contributed by atoms with van der Waals surface area (Å²) in [4.78, 5) is 0. The summed E-state index contributed by atoms with van der Waals surface area (Å²) >= 11 is 0. The molecule has 0 aromatic heterocycles. The fourth-order valence-electron chi connectivity index (χ4n) is 2.96. The second kappa shape index (κ2) is 6.48. The number of hydrogen-bond donors (Lipinski definition) is 0. The summed E-state index contributed by atoms with van der Waals surface area (Å²) in [6.07, 6.45) is 0.450. The Morgan fingerprint density at radius 3 is 2.09 bits per heavy atom. The van der Waals surface area contributed by atoms with E-state index in [2.05, 4.69) is 30.3 Å². The molecule has 2 aromatic carbocycles. The zero-order valence-corrected chi connectivity index (χ0v) is 13.5. The van der Waals surface area contributed by atoms with Crippen LogP contribution >= 0.6 is 7.05 Å². The number of rotatable bonds is 4. The number of hydrogen-bond acceptors (Lipinski definition) is 3. The Labute approximate surface area is 131 Å². The topological polar surface area (TPSA) is 45.4 Å². The Morgan fingerprint density at radius 1 is 1.09 bits per heavy atom. The average molecular weight is 310 g/mol. The smallest absolute Gasteiger partial charge is 0.163 e. The molecule has 0 radical (unpaired) electrons. The molecule has 112 valence electrons. The van der Waals surface area contributed by atoms with E-state index in [0.29, 0.717) is 6.61 Å². The van der Waals surface area contributed by atoms with Crippen molar-refractivity contribution in [1.82, 2.24) is 0 Å². The zero-order valence-electron chi connectivity index (χ0n) is 12.6. The van der Waals surface area contributed by atoms with Crippen molar-refractivity contribution in [2.75, 3.05) is 12.8 Å². The molecule has 2 aromatic rings. The van der Waals surface area contributed by atoms with Gasteiger partial charge in [-0.3, -0.25) is 4.74 Å². The molecule has 2 atom stereocenters. The highest BCUT2D eigenvalue weighted by Crippen LogP contribution is 2.55. The third-order valence-electron chi connectivity index (χ3n) is 3.99. The van der Waals surface area contributed by atoms with Crippen molar-refractivity contribution in [3.63, 3.8) is 0 Å². The Balaban J connectivity index is 2.18. The van der Waals surface area contributed by atoms with Crippen LogP contribution in [-0.2, 0) is 4.74 Å². The van der Waals surface area contributed by atoms with E-state index in [9.17, 15) is 5.26 Å². The van der Waals surface area contributed by atoms with Gasteiger partial charge in [-0.05, 0) is 17.5 Å². The summed E-state index contributed by atoms with van der Waals surface area (Å²) in [6.45, 7) is 2.53. The van der Waals surface area contributed by atoms with Crippen molar-refractivity contribution in [1.29, 1.82) is 5.26 Å². The minimum atomic E-state index is -1.93. The van der Waals surface area contributed by atoms with Crippen molar-refractivity contribution in [3.8, 4) is 6.07 Å². The summed E-state index contributed by atoms with van der Waals surface area (Å²) in [5.74, 6) is -0.173. The van der Waals surface area contributed by atoms with Gasteiger partial charge < -0.3 is 4.74 Å². The number of ether oxygens (including phenoxy) is 1. The zero-order chi connectivity index (χ0) is 15.4. The standard InChI is InChI=1S/C18H19N2OP/c1-2-21-18-15(13-19)14-22(20-18,16-9-5-3-6-10-16)17-11-7-4-8-12-17/h3-12,15,18H,2,14H2,1H3. The first-order valence-corrected chi connectivity index (χ1v) is 9.46. The van der Waals surface area contributed by atoms with Gasteiger partial charge in [0.05, 0.1) is 12.0 Å². The number of benzene rings is 2. The summed E-state index contributed by atoms with van der Waals surface area (Å²) in [5.41, 5.74) is 0. The Kier molecular flexibility index (Phi) is 4.43. The lowest BCUT2D eigenvalue weighted by Crippen LogP contribution is -2.20. The van der Waals surface area contributed by atoms with Crippen LogP contribution in [0.2, 0.25) is 0 Å². The highest BCUT2D eigenvalue weighted by molar-refractivity contribution is 7.81. The maximum absolute atomic E-state index is 9.52. The minimum absolute atomic E-state index is 0.173. The maximum atomic E-state index is 9.52. The fourth-order valence-corrected chi connectivity index (χ4v) is 6.82. The lowest BCUT2D eigenvalue weighted by atomic mass is 10.2. The molecule has 0 bridgehead atoms. The summed E-state index contributed by atoms with van der Waals surface area (Å²) in [7, 11) is -1.93. The van der Waals surface area contributed by atoms with Crippen LogP contribution in [0.5, 0.6) is 0 Å². The van der Waals surface area contributed by atoms with Crippen LogP contribution in [-0.4, -0.2) is 19.0 Å². The molecule has 1 aliphatic heterocycles. The third-order valence-corrected chi connectivity index (χ3v) is 7.83. The van der Waals surface area contributed by atoms with E-state index >= 15 is 0 Å². The minimum Gasteiger partial charge on any atom is -0.356 e. The van der Waals surface area contributed by atoms with E-state index < -0.39 is 7.05 Å². The molecule has 1 aliphatic rings. The van der Waals surface area contributed by atoms with E-state index in [-0.39, 0.29) is 12.1 Å². The first-order valence-electron chi connectivity index (χ1n) is 7.53. The molecule has 0 fully saturated rings. The molecule has 22 heavy (non-hydrogen) atoms. The van der Waals surface area contributed by atoms with E-state index in [0.717, 1.165) is 6.16 Å². The van der Waals surface area contributed by atoms with E-state index in [1.165, 1.54) is 10.6 Å². The van der Waals surface area contributed by atoms with Crippen LogP contribution < -0.4 is 10.6 Å². The quantitative estimate of drug-likeness (QED) is 0.813. The maximum Gasteiger partial charge on any atom is 0.163 e. The van der Waals surface area contributed by atoms with Crippen LogP contribution in [0.1, 0.15) is 6.92 Å². The molecule has 3 rings (SSSR count). The second-order valence-electron chi connectivity index (χ2n) is 5.32. The predicted octanol–water partition coefficient (Wildman–Crippen LogP) is 3.35. The van der Waals surface area contributed by atoms with Crippen LogP contribution in [0.4, 0.5) is 0 Å². The van der Waals surface area contributed by atoms with Crippen LogP contribution in [0, 0.1) is 17.2 Å². The molecular weight excluding hydrogens is 291 g/mol. The van der Waals surface area contributed by atoms with Gasteiger partial charge in [-0.1, -0.05) is 60.7 Å². The van der Waals surface area contributed by atoms with Crippen molar-refractivity contribution in [2.24, 2.45) is 10.7 Å². The molecule has 3 nitrogen and oxygen atoms in total. The number of nitriles is 1. The lowest BCUT2D eigenvalue weighted by molar-refractivity contribution is 0.0540. The van der Waals surface area contributed by atoms with Gasteiger partial charge in [0.2, 0.25) is 0 Å². The van der Waals surface area contributed by atoms with Crippen molar-refractivity contribution >= 4 is 17.7 Å². The molecule has 0 saturated heterocycles. The van der Waals surface area contributed by atoms with E-state index in [1.807, 2.05) is 43.3 Å². The second-order valence-corrected chi connectivity index (χ2v) is 8.49. The van der Waals surface area contributed by atoms with Crippen LogP contribution in [0.15, 0.2) is 65.4 Å². The van der Waals surface area contributed by atoms with Gasteiger partial charge in [0.15, 0.2) is 6.23 Å². The van der Waals surface area contributed by atoms with Gasteiger partial charge in [0.1, 0.15) is 0 Å². The van der Waals surface area contributed by atoms with Gasteiger partial charge in [-0.15, -0.1) is 0 Å². The molecule has 0 aliphatic carbocycles. The molecule has 2 unspecified atom stereocenters. The Bertz CT molecular complexity index is 678. The summed E-state index contributed by atoms with van der Waals surface area (Å²) < 4.78 is 10.8. The molecular formula is C18H19N2OP. The van der Waals surface area contributed by atoms with Crippen molar-refractivity contribution in [2.45, 2.75) is 13.2 Å². The van der Waals surface area contributed by atoms with Crippen LogP contribution in [0.3, 0.4) is 0 Å². The van der Waals surface area contributed by atoms with Crippen molar-refractivity contribution < 1.29 is 4.74 Å². The lowest BCUT2D eigenvalue weighted by Gasteiger charge is -2.21. The molecule has 0 spiro atoms. The molecule has 0 saturated carbocycles. The largest absolute Gasteiger partial charge is 0.356 e. The van der Waals surface area contributed by atoms with Gasteiger partial charge >= 0.3 is 0 Å². The highest BCUT2D eigenvalue weighted by atomic mass is 31.2. The third kappa shape index (κ3) is 2.61. The van der Waals surface area contributed by atoms with E-state index in [1.54, 1.807) is 0 Å². The van der Waals surface area contributed by atoms with Gasteiger partial charge in [-0.2, -0.15) is 5.26 Å². The SMILES string of the molecule is CCOC1N=P(c2ccccc2)(c2ccccc2)CC1C#N. The van der Waals surface area contributed by atoms with Crippen LogP contribution in [0.25, 0.3) is 0 Å². The van der Waals surface area contributed by atoms with Crippen molar-refractivity contribution in [3.05, 3.63) is 60.7 Å². The molecule has 1 heterocycles.